The summed E-state index contributed by atoms with van der Waals surface area (Å²) in [6.45, 7) is 0. The van der Waals surface area contributed by atoms with Crippen molar-refractivity contribution in [1.82, 2.24) is 0 Å². The van der Waals surface area contributed by atoms with Crippen LogP contribution in [0.15, 0.2) is 18.2 Å². The third-order valence-electron chi connectivity index (χ3n) is 2.49. The molecular weight excluding hydrogens is 219 g/mol. The maximum Gasteiger partial charge on any atom is 0.123 e. The Morgan fingerprint density at radius 2 is 2.33 bits per heavy atom. The summed E-state index contributed by atoms with van der Waals surface area (Å²) in [5.41, 5.74) is 2.52. The van der Waals surface area contributed by atoms with Gasteiger partial charge in [-0.25, -0.2) is 4.39 Å². The summed E-state index contributed by atoms with van der Waals surface area (Å²) in [6.07, 6.45) is 2.19. The Kier molecular flexibility index (Phi) is 2.18. The van der Waals surface area contributed by atoms with E-state index in [4.69, 9.17) is 0 Å². The molecule has 1 atom stereocenters. The van der Waals surface area contributed by atoms with Crippen molar-refractivity contribution in [3.05, 3.63) is 35.1 Å². The third-order valence-corrected chi connectivity index (χ3v) is 3.27. The second-order valence-corrected chi connectivity index (χ2v) is 3.88. The summed E-state index contributed by atoms with van der Waals surface area (Å²) >= 11 is 3.47. The van der Waals surface area contributed by atoms with Crippen LogP contribution in [0.1, 0.15) is 23.5 Å². The van der Waals surface area contributed by atoms with Crippen LogP contribution in [0.4, 0.5) is 4.39 Å². The zero-order valence-corrected chi connectivity index (χ0v) is 8.27. The quantitative estimate of drug-likeness (QED) is 0.648. The maximum absolute atomic E-state index is 12.8. The topological polar surface area (TPSA) is 0 Å². The lowest BCUT2D eigenvalue weighted by Crippen LogP contribution is -1.93. The van der Waals surface area contributed by atoms with Crippen molar-refractivity contribution in [3.8, 4) is 0 Å². The number of benzene rings is 1. The van der Waals surface area contributed by atoms with Gasteiger partial charge in [0.25, 0.3) is 0 Å². The highest BCUT2D eigenvalue weighted by atomic mass is 79.9. The lowest BCUT2D eigenvalue weighted by atomic mass is 10.0. The average Bonchev–Trinajstić information content (AvgIpc) is 2.46. The first-order valence-electron chi connectivity index (χ1n) is 4.15. The van der Waals surface area contributed by atoms with Gasteiger partial charge < -0.3 is 0 Å². The van der Waals surface area contributed by atoms with Crippen molar-refractivity contribution in [2.24, 2.45) is 0 Å². The first-order valence-corrected chi connectivity index (χ1v) is 5.27. The predicted molar refractivity (Wildman–Crippen MR) is 51.3 cm³/mol. The second-order valence-electron chi connectivity index (χ2n) is 3.23. The number of rotatable bonds is 1. The highest BCUT2D eigenvalue weighted by molar-refractivity contribution is 9.09. The van der Waals surface area contributed by atoms with E-state index in [0.717, 1.165) is 18.2 Å². The zero-order chi connectivity index (χ0) is 8.55. The molecule has 0 saturated carbocycles. The van der Waals surface area contributed by atoms with E-state index in [-0.39, 0.29) is 5.82 Å². The summed E-state index contributed by atoms with van der Waals surface area (Å²) in [5, 5.41) is 0.992. The Morgan fingerprint density at radius 1 is 1.50 bits per heavy atom. The molecule has 64 valence electrons. The molecule has 0 aromatic heterocycles. The summed E-state index contributed by atoms with van der Waals surface area (Å²) < 4.78 is 12.8. The van der Waals surface area contributed by atoms with Gasteiger partial charge in [-0.05, 0) is 42.0 Å². The first-order chi connectivity index (χ1) is 5.81. The van der Waals surface area contributed by atoms with E-state index in [1.807, 2.05) is 6.07 Å². The maximum atomic E-state index is 12.8. The molecule has 1 unspecified atom stereocenters. The van der Waals surface area contributed by atoms with E-state index in [2.05, 4.69) is 15.9 Å². The molecule has 0 spiro atoms. The monoisotopic (exact) mass is 228 g/mol. The number of aryl methyl sites for hydroxylation is 1. The molecule has 2 heteroatoms. The predicted octanol–water partition coefficient (Wildman–Crippen LogP) is 3.25. The molecule has 2 rings (SSSR count). The van der Waals surface area contributed by atoms with Crippen LogP contribution in [-0.4, -0.2) is 5.33 Å². The largest absolute Gasteiger partial charge is 0.207 e. The second kappa shape index (κ2) is 3.17. The van der Waals surface area contributed by atoms with Gasteiger partial charge in [0.2, 0.25) is 0 Å². The molecule has 0 N–H and O–H groups in total. The van der Waals surface area contributed by atoms with Crippen molar-refractivity contribution in [2.45, 2.75) is 18.8 Å². The van der Waals surface area contributed by atoms with Crippen LogP contribution in [0.2, 0.25) is 0 Å². The minimum atomic E-state index is -0.107. The van der Waals surface area contributed by atoms with E-state index in [0.29, 0.717) is 5.92 Å². The fourth-order valence-corrected chi connectivity index (χ4v) is 2.51. The van der Waals surface area contributed by atoms with Crippen LogP contribution in [0.25, 0.3) is 0 Å². The van der Waals surface area contributed by atoms with E-state index >= 15 is 0 Å². The number of alkyl halides is 1. The van der Waals surface area contributed by atoms with Crippen LogP contribution in [0.3, 0.4) is 0 Å². The van der Waals surface area contributed by atoms with Gasteiger partial charge >= 0.3 is 0 Å². The minimum absolute atomic E-state index is 0.107. The Balaban J connectivity index is 2.40. The van der Waals surface area contributed by atoms with Gasteiger partial charge in [-0.2, -0.15) is 0 Å². The van der Waals surface area contributed by atoms with Crippen molar-refractivity contribution in [2.75, 3.05) is 5.33 Å². The van der Waals surface area contributed by atoms with E-state index in [1.165, 1.54) is 11.1 Å². The van der Waals surface area contributed by atoms with Crippen LogP contribution in [0, 0.1) is 5.82 Å². The molecule has 0 amide bonds. The highest BCUT2D eigenvalue weighted by Crippen LogP contribution is 2.34. The van der Waals surface area contributed by atoms with Crippen LogP contribution >= 0.6 is 15.9 Å². The van der Waals surface area contributed by atoms with Gasteiger partial charge in [0.05, 0.1) is 0 Å². The number of hydrogen-bond donors (Lipinski definition) is 0. The van der Waals surface area contributed by atoms with E-state index in [1.54, 1.807) is 12.1 Å². The number of halogens is 2. The first kappa shape index (κ1) is 8.24. The normalized spacial score (nSPS) is 21.0. The van der Waals surface area contributed by atoms with Crippen molar-refractivity contribution in [1.29, 1.82) is 0 Å². The molecule has 1 aliphatic carbocycles. The van der Waals surface area contributed by atoms with Gasteiger partial charge in [-0.3, -0.25) is 0 Å². The van der Waals surface area contributed by atoms with E-state index < -0.39 is 0 Å². The van der Waals surface area contributed by atoms with Crippen LogP contribution < -0.4 is 0 Å². The summed E-state index contributed by atoms with van der Waals surface area (Å²) in [4.78, 5) is 0. The number of hydrogen-bond acceptors (Lipinski definition) is 0. The van der Waals surface area contributed by atoms with Crippen LogP contribution in [0.5, 0.6) is 0 Å². The van der Waals surface area contributed by atoms with Gasteiger partial charge in [-0.1, -0.05) is 22.0 Å². The highest BCUT2D eigenvalue weighted by Gasteiger charge is 2.21. The third kappa shape index (κ3) is 1.28. The molecule has 1 aromatic carbocycles. The fraction of sp³-hybridized carbons (Fsp3) is 0.400. The molecule has 0 fully saturated rings. The SMILES string of the molecule is Fc1ccc2c(c1)CCC2CBr. The van der Waals surface area contributed by atoms with Crippen molar-refractivity contribution in [3.63, 3.8) is 0 Å². The number of fused-ring (bicyclic) bond motifs is 1. The molecule has 0 nitrogen and oxygen atoms in total. The van der Waals surface area contributed by atoms with Gasteiger partial charge in [-0.15, -0.1) is 0 Å². The van der Waals surface area contributed by atoms with Crippen molar-refractivity contribution < 1.29 is 4.39 Å². The Bertz CT molecular complexity index is 296. The molecule has 0 saturated heterocycles. The zero-order valence-electron chi connectivity index (χ0n) is 6.69. The standard InChI is InChI=1S/C10H10BrF/c11-6-8-2-1-7-5-9(12)3-4-10(7)8/h3-5,8H,1-2,6H2. The Labute approximate surface area is 79.9 Å². The molecule has 1 aromatic rings. The minimum Gasteiger partial charge on any atom is -0.207 e. The lowest BCUT2D eigenvalue weighted by molar-refractivity contribution is 0.626. The molecular formula is C10H10BrF. The molecule has 12 heavy (non-hydrogen) atoms. The molecule has 0 bridgehead atoms. The summed E-state index contributed by atoms with van der Waals surface area (Å²) in [7, 11) is 0. The summed E-state index contributed by atoms with van der Waals surface area (Å²) in [6, 6.07) is 5.14. The Morgan fingerprint density at radius 3 is 3.08 bits per heavy atom. The lowest BCUT2D eigenvalue weighted by Gasteiger charge is -2.05. The van der Waals surface area contributed by atoms with Gasteiger partial charge in [0.1, 0.15) is 5.82 Å². The van der Waals surface area contributed by atoms with Gasteiger partial charge in [0.15, 0.2) is 0 Å². The molecule has 0 aliphatic heterocycles. The average molecular weight is 229 g/mol. The molecule has 0 radical (unpaired) electrons. The smallest absolute Gasteiger partial charge is 0.123 e. The van der Waals surface area contributed by atoms with Crippen molar-refractivity contribution >= 4 is 15.9 Å². The van der Waals surface area contributed by atoms with Gasteiger partial charge in [0, 0.05) is 5.33 Å². The van der Waals surface area contributed by atoms with Crippen LogP contribution in [-0.2, 0) is 6.42 Å². The Hall–Kier alpha value is -0.370. The summed E-state index contributed by atoms with van der Waals surface area (Å²) in [5.74, 6) is 0.490. The fourth-order valence-electron chi connectivity index (χ4n) is 1.83. The molecule has 1 aliphatic rings. The van der Waals surface area contributed by atoms with E-state index in [9.17, 15) is 4.39 Å². The molecule has 0 heterocycles.